The second-order valence-corrected chi connectivity index (χ2v) is 5.99. The van der Waals surface area contributed by atoms with Gasteiger partial charge >= 0.3 is 0 Å². The first-order valence-electron chi connectivity index (χ1n) is 7.30. The zero-order valence-corrected chi connectivity index (χ0v) is 14.0. The molecule has 0 amide bonds. The fraction of sp³-hybridized carbons (Fsp3) is 0.353. The van der Waals surface area contributed by atoms with E-state index in [0.29, 0.717) is 23.6 Å². The number of ether oxygens (including phenoxy) is 2. The van der Waals surface area contributed by atoms with Crippen molar-refractivity contribution < 1.29 is 14.6 Å². The van der Waals surface area contributed by atoms with Gasteiger partial charge in [-0.3, -0.25) is 0 Å². The van der Waals surface area contributed by atoms with Crippen molar-refractivity contribution in [3.8, 4) is 17.6 Å². The second kappa shape index (κ2) is 8.53. The van der Waals surface area contributed by atoms with Crippen LogP contribution in [0.2, 0.25) is 0 Å². The maximum absolute atomic E-state index is 8.85. The third-order valence-corrected chi connectivity index (χ3v) is 4.34. The van der Waals surface area contributed by atoms with E-state index >= 15 is 0 Å². The number of methoxy groups -OCH3 is 1. The first-order chi connectivity index (χ1) is 11.2. The molecule has 2 N–H and O–H groups in total. The summed E-state index contributed by atoms with van der Waals surface area (Å²) in [5.41, 5.74) is 1.78. The van der Waals surface area contributed by atoms with Gasteiger partial charge in [-0.25, -0.2) is 0 Å². The van der Waals surface area contributed by atoms with Crippen molar-refractivity contribution in [1.29, 1.82) is 5.26 Å². The Morgan fingerprint density at radius 1 is 1.35 bits per heavy atom. The minimum absolute atomic E-state index is 0.0334. The molecular weight excluding hydrogens is 312 g/mol. The smallest absolute Gasteiger partial charge is 0.161 e. The number of rotatable bonds is 8. The Kier molecular flexibility index (Phi) is 6.41. The third kappa shape index (κ3) is 4.70. The summed E-state index contributed by atoms with van der Waals surface area (Å²) in [6.45, 7) is 2.98. The van der Waals surface area contributed by atoms with Crippen molar-refractivity contribution in [3.63, 3.8) is 0 Å². The number of aliphatic hydroxyl groups is 1. The highest BCUT2D eigenvalue weighted by Crippen LogP contribution is 2.30. The van der Waals surface area contributed by atoms with Crippen LogP contribution in [0.3, 0.4) is 0 Å². The molecule has 1 aromatic heterocycles. The molecule has 0 radical (unpaired) electrons. The van der Waals surface area contributed by atoms with Gasteiger partial charge in [0.1, 0.15) is 12.7 Å². The van der Waals surface area contributed by atoms with E-state index in [1.807, 2.05) is 29.6 Å². The Hall–Kier alpha value is -2.07. The number of aliphatic hydroxyl groups excluding tert-OH is 1. The largest absolute Gasteiger partial charge is 0.493 e. The van der Waals surface area contributed by atoms with Crippen molar-refractivity contribution >= 4 is 11.3 Å². The van der Waals surface area contributed by atoms with Gasteiger partial charge < -0.3 is 19.9 Å². The normalized spacial score (nSPS) is 11.7. The van der Waals surface area contributed by atoms with Crippen LogP contribution in [0.15, 0.2) is 29.6 Å². The highest BCUT2D eigenvalue weighted by atomic mass is 32.1. The number of hydrogen-bond donors (Lipinski definition) is 2. The van der Waals surface area contributed by atoms with Crippen LogP contribution in [-0.4, -0.2) is 25.4 Å². The van der Waals surface area contributed by atoms with E-state index in [4.69, 9.17) is 19.8 Å². The number of nitrogens with one attached hydrogen (secondary N) is 1. The van der Waals surface area contributed by atoms with Gasteiger partial charge in [-0.05, 0) is 30.7 Å². The zero-order valence-electron chi connectivity index (χ0n) is 13.2. The van der Waals surface area contributed by atoms with Gasteiger partial charge in [0.2, 0.25) is 0 Å². The van der Waals surface area contributed by atoms with Crippen LogP contribution in [0.5, 0.6) is 11.5 Å². The highest BCUT2D eigenvalue weighted by Gasteiger charge is 2.11. The van der Waals surface area contributed by atoms with Gasteiger partial charge in [0.05, 0.1) is 19.3 Å². The molecule has 0 aliphatic rings. The minimum Gasteiger partial charge on any atom is -0.493 e. The van der Waals surface area contributed by atoms with Gasteiger partial charge in [-0.2, -0.15) is 5.26 Å². The Balaban J connectivity index is 2.01. The van der Waals surface area contributed by atoms with Crippen LogP contribution in [0.1, 0.15) is 29.0 Å². The maximum atomic E-state index is 8.85. The molecule has 122 valence electrons. The number of nitrogens with zero attached hydrogens (tertiary/aromatic N) is 1. The Bertz CT molecular complexity index is 679. The average Bonchev–Trinajstić information content (AvgIpc) is 3.05. The number of thiophene rings is 1. The molecule has 0 aliphatic heterocycles. The van der Waals surface area contributed by atoms with Crippen LogP contribution in [-0.2, 0) is 6.54 Å². The maximum Gasteiger partial charge on any atom is 0.161 e. The molecule has 1 aromatic carbocycles. The van der Waals surface area contributed by atoms with Gasteiger partial charge in [-0.1, -0.05) is 6.07 Å². The predicted molar refractivity (Wildman–Crippen MR) is 89.9 cm³/mol. The number of hydrogen-bond acceptors (Lipinski definition) is 6. The summed E-state index contributed by atoms with van der Waals surface area (Å²) in [7, 11) is 1.60. The summed E-state index contributed by atoms with van der Waals surface area (Å²) in [5, 5.41) is 23.0. The van der Waals surface area contributed by atoms with Gasteiger partial charge in [0.15, 0.2) is 11.5 Å². The molecule has 5 nitrogen and oxygen atoms in total. The van der Waals surface area contributed by atoms with E-state index in [1.54, 1.807) is 18.4 Å². The quantitative estimate of drug-likeness (QED) is 0.777. The van der Waals surface area contributed by atoms with E-state index in [-0.39, 0.29) is 19.3 Å². The minimum atomic E-state index is -0.0334. The molecule has 0 saturated heterocycles. The lowest BCUT2D eigenvalue weighted by Crippen LogP contribution is -2.17. The van der Waals surface area contributed by atoms with Gasteiger partial charge in [0, 0.05) is 22.8 Å². The summed E-state index contributed by atoms with van der Waals surface area (Å²) < 4.78 is 10.8. The van der Waals surface area contributed by atoms with Crippen molar-refractivity contribution in [3.05, 3.63) is 45.6 Å². The van der Waals surface area contributed by atoms with Crippen molar-refractivity contribution in [2.24, 2.45) is 0 Å². The van der Waals surface area contributed by atoms with Gasteiger partial charge in [0.25, 0.3) is 0 Å². The highest BCUT2D eigenvalue weighted by molar-refractivity contribution is 7.10. The Morgan fingerprint density at radius 2 is 2.17 bits per heavy atom. The van der Waals surface area contributed by atoms with E-state index < -0.39 is 0 Å². The van der Waals surface area contributed by atoms with Crippen LogP contribution in [0.4, 0.5) is 0 Å². The summed E-state index contributed by atoms with van der Waals surface area (Å²) in [5.74, 6) is 1.27. The summed E-state index contributed by atoms with van der Waals surface area (Å²) in [6, 6.07) is 9.92. The lowest BCUT2D eigenvalue weighted by molar-refractivity contribution is 0.196. The zero-order chi connectivity index (χ0) is 16.7. The molecule has 1 unspecified atom stereocenters. The van der Waals surface area contributed by atoms with Crippen LogP contribution < -0.4 is 14.8 Å². The molecule has 0 aliphatic carbocycles. The predicted octanol–water partition coefficient (Wildman–Crippen LogP) is 2.85. The van der Waals surface area contributed by atoms with E-state index in [0.717, 1.165) is 10.4 Å². The molecule has 0 bridgehead atoms. The molecule has 2 rings (SSSR count). The van der Waals surface area contributed by atoms with Crippen LogP contribution in [0.25, 0.3) is 0 Å². The molecule has 1 heterocycles. The van der Waals surface area contributed by atoms with Crippen molar-refractivity contribution in [2.45, 2.75) is 19.5 Å². The average molecular weight is 332 g/mol. The summed E-state index contributed by atoms with van der Waals surface area (Å²) in [6.07, 6.45) is 0. The summed E-state index contributed by atoms with van der Waals surface area (Å²) in [4.78, 5) is 1.13. The SMILES string of the molecule is COc1cc(C(C)NCc2cc(C#N)cs2)ccc1OCCO. The van der Waals surface area contributed by atoms with Crippen molar-refractivity contribution in [1.82, 2.24) is 5.32 Å². The lowest BCUT2D eigenvalue weighted by atomic mass is 10.1. The van der Waals surface area contributed by atoms with Crippen LogP contribution >= 0.6 is 11.3 Å². The molecular formula is C17H20N2O3S. The van der Waals surface area contributed by atoms with Gasteiger partial charge in [-0.15, -0.1) is 11.3 Å². The standard InChI is InChI=1S/C17H20N2O3S/c1-12(19-10-15-7-13(9-18)11-23-15)14-3-4-16(22-6-5-20)17(8-14)21-2/h3-4,7-8,11-12,19-20H,5-6,10H2,1-2H3. The lowest BCUT2D eigenvalue weighted by Gasteiger charge is -2.16. The van der Waals surface area contributed by atoms with Crippen LogP contribution in [0, 0.1) is 11.3 Å². The second-order valence-electron chi connectivity index (χ2n) is 5.00. The monoisotopic (exact) mass is 332 g/mol. The first kappa shape index (κ1) is 17.3. The van der Waals surface area contributed by atoms with E-state index in [9.17, 15) is 0 Å². The molecule has 0 spiro atoms. The number of nitriles is 1. The Morgan fingerprint density at radius 3 is 2.83 bits per heavy atom. The Labute approximate surface area is 140 Å². The fourth-order valence-electron chi connectivity index (χ4n) is 2.13. The molecule has 0 fully saturated rings. The fourth-order valence-corrected chi connectivity index (χ4v) is 2.89. The van der Waals surface area contributed by atoms with E-state index in [2.05, 4.69) is 18.3 Å². The molecule has 1 atom stereocenters. The molecule has 6 heteroatoms. The molecule has 23 heavy (non-hydrogen) atoms. The third-order valence-electron chi connectivity index (χ3n) is 3.40. The first-order valence-corrected chi connectivity index (χ1v) is 8.18. The topological polar surface area (TPSA) is 74.5 Å². The number of benzene rings is 1. The van der Waals surface area contributed by atoms with Crippen molar-refractivity contribution in [2.75, 3.05) is 20.3 Å². The summed E-state index contributed by atoms with van der Waals surface area (Å²) >= 11 is 1.58. The molecule has 2 aromatic rings. The van der Waals surface area contributed by atoms with E-state index in [1.165, 1.54) is 0 Å². The molecule has 0 saturated carbocycles.